The molecule has 5 saturated carbocycles. The van der Waals surface area contributed by atoms with E-state index >= 15 is 0 Å². The Morgan fingerprint density at radius 1 is 0.804 bits per heavy atom. The first-order chi connectivity index (χ1) is 21.7. The van der Waals surface area contributed by atoms with Crippen LogP contribution in [-0.2, 0) is 0 Å². The molecule has 0 radical (unpaired) electrons. The molecular formula is C40H60O6. The van der Waals surface area contributed by atoms with E-state index in [0.717, 1.165) is 70.6 Å². The molecule has 7 aliphatic carbocycles. The average molecular weight is 637 g/mol. The summed E-state index contributed by atoms with van der Waals surface area (Å²) in [6.45, 7) is 8.92. The minimum absolute atomic E-state index is 0.0791. The molecule has 0 heterocycles. The number of fused-ring (bicyclic) bond motifs is 8. The van der Waals surface area contributed by atoms with Gasteiger partial charge in [-0.15, -0.1) is 6.42 Å². The molecule has 6 heteroatoms. The van der Waals surface area contributed by atoms with Crippen molar-refractivity contribution < 1.29 is 30.6 Å². The van der Waals surface area contributed by atoms with Crippen LogP contribution in [0.2, 0.25) is 0 Å². The van der Waals surface area contributed by atoms with E-state index in [0.29, 0.717) is 37.0 Å². The maximum atomic E-state index is 12.0. The van der Waals surface area contributed by atoms with Crippen LogP contribution < -0.4 is 0 Å². The summed E-state index contributed by atoms with van der Waals surface area (Å²) in [5.41, 5.74) is 1.36. The van der Waals surface area contributed by atoms with Gasteiger partial charge in [0.1, 0.15) is 0 Å². The van der Waals surface area contributed by atoms with Crippen molar-refractivity contribution >= 4 is 0 Å². The first-order valence-electron chi connectivity index (χ1n) is 18.7. The molecule has 0 saturated heterocycles. The van der Waals surface area contributed by atoms with Crippen molar-refractivity contribution in [3.05, 3.63) is 22.8 Å². The highest BCUT2D eigenvalue weighted by atomic mass is 16.3. The third-order valence-corrected chi connectivity index (χ3v) is 16.2. The van der Waals surface area contributed by atoms with Gasteiger partial charge in [-0.2, -0.15) is 0 Å². The second-order valence-electron chi connectivity index (χ2n) is 18.0. The van der Waals surface area contributed by atoms with Gasteiger partial charge in [0.15, 0.2) is 5.60 Å². The van der Waals surface area contributed by atoms with Crippen molar-refractivity contribution in [2.45, 2.75) is 154 Å². The smallest absolute Gasteiger partial charge is 0.156 e. The Morgan fingerprint density at radius 2 is 1.54 bits per heavy atom. The van der Waals surface area contributed by atoms with Crippen LogP contribution in [0.4, 0.5) is 0 Å². The van der Waals surface area contributed by atoms with Gasteiger partial charge in [-0.1, -0.05) is 62.3 Å². The van der Waals surface area contributed by atoms with E-state index in [-0.39, 0.29) is 41.3 Å². The zero-order valence-corrected chi connectivity index (χ0v) is 28.7. The summed E-state index contributed by atoms with van der Waals surface area (Å²) in [5, 5.41) is 68.2. The van der Waals surface area contributed by atoms with E-state index < -0.39 is 34.7 Å². The maximum Gasteiger partial charge on any atom is 0.156 e. The van der Waals surface area contributed by atoms with Gasteiger partial charge in [0.2, 0.25) is 0 Å². The Hall–Kier alpha value is -1.20. The molecule has 7 rings (SSSR count). The van der Waals surface area contributed by atoms with Gasteiger partial charge in [0.05, 0.1) is 30.5 Å². The van der Waals surface area contributed by atoms with Gasteiger partial charge in [-0.25, -0.2) is 0 Å². The predicted octanol–water partition coefficient (Wildman–Crippen LogP) is 5.29. The number of allylic oxidation sites excluding steroid dienone is 2. The molecule has 7 unspecified atom stereocenters. The van der Waals surface area contributed by atoms with Crippen LogP contribution in [0.25, 0.3) is 0 Å². The Balaban J connectivity index is 1.35. The molecule has 0 aromatic heterocycles. The summed E-state index contributed by atoms with van der Waals surface area (Å²) >= 11 is 0. The fourth-order valence-corrected chi connectivity index (χ4v) is 13.6. The number of hydrogen-bond donors (Lipinski definition) is 6. The normalized spacial score (nSPS) is 56.8. The average Bonchev–Trinajstić information content (AvgIpc) is 3.37. The number of rotatable bonds is 1. The lowest BCUT2D eigenvalue weighted by molar-refractivity contribution is -0.124. The lowest BCUT2D eigenvalue weighted by Crippen LogP contribution is -2.57. The van der Waals surface area contributed by atoms with Crippen LogP contribution in [0.5, 0.6) is 0 Å². The molecule has 0 aromatic carbocycles. The predicted molar refractivity (Wildman–Crippen MR) is 178 cm³/mol. The Bertz CT molecular complexity index is 1310. The molecular weight excluding hydrogens is 576 g/mol. The zero-order valence-electron chi connectivity index (χ0n) is 28.7. The summed E-state index contributed by atoms with van der Waals surface area (Å²) in [6.07, 6.45) is 16.6. The minimum atomic E-state index is -1.54. The summed E-state index contributed by atoms with van der Waals surface area (Å²) in [6, 6.07) is 0. The van der Waals surface area contributed by atoms with Crippen LogP contribution in [0.3, 0.4) is 0 Å². The van der Waals surface area contributed by atoms with E-state index in [1.165, 1.54) is 16.7 Å². The Labute approximate surface area is 276 Å². The fraction of sp³-hybridized carbons (Fsp3) is 0.850. The highest BCUT2D eigenvalue weighted by molar-refractivity contribution is 5.37. The molecule has 0 spiro atoms. The van der Waals surface area contributed by atoms with Crippen molar-refractivity contribution in [3.8, 4) is 12.3 Å². The van der Waals surface area contributed by atoms with Gasteiger partial charge < -0.3 is 30.6 Å². The zero-order chi connectivity index (χ0) is 33.0. The second-order valence-corrected chi connectivity index (χ2v) is 18.0. The number of aliphatic hydroxyl groups excluding tert-OH is 5. The van der Waals surface area contributed by atoms with Crippen LogP contribution >= 0.6 is 0 Å². The summed E-state index contributed by atoms with van der Waals surface area (Å²) in [4.78, 5) is 0. The number of aliphatic hydroxyl groups is 6. The quantitative estimate of drug-likeness (QED) is 0.172. The van der Waals surface area contributed by atoms with Crippen LogP contribution in [-0.4, -0.2) is 66.8 Å². The van der Waals surface area contributed by atoms with Crippen molar-refractivity contribution in [1.29, 1.82) is 0 Å². The van der Waals surface area contributed by atoms with Gasteiger partial charge >= 0.3 is 0 Å². The molecule has 0 amide bonds. The van der Waals surface area contributed by atoms with Crippen molar-refractivity contribution in [2.24, 2.45) is 57.7 Å². The van der Waals surface area contributed by atoms with Gasteiger partial charge in [-0.3, -0.25) is 0 Å². The van der Waals surface area contributed by atoms with Crippen LogP contribution in [0.15, 0.2) is 22.8 Å². The SMILES string of the molecule is C#C[C@]1(O)[C@H](O)CC2C3CC(C4CC5CCC[C@H](O)C/C(C)=C/CC5C5C[C@@H](O)[C@H](O)[C@@]45C)=C4C[C@@H](O)CC[C@]4(C)C3CC[C@@]21C. The molecule has 6 nitrogen and oxygen atoms in total. The third-order valence-electron chi connectivity index (χ3n) is 16.2. The molecule has 256 valence electrons. The second kappa shape index (κ2) is 11.4. The topological polar surface area (TPSA) is 121 Å². The molecule has 7 aliphatic rings. The summed E-state index contributed by atoms with van der Waals surface area (Å²) < 4.78 is 0. The van der Waals surface area contributed by atoms with E-state index in [1.807, 2.05) is 0 Å². The molecule has 0 aliphatic heterocycles. The summed E-state index contributed by atoms with van der Waals surface area (Å²) in [5.74, 6) is 4.45. The van der Waals surface area contributed by atoms with E-state index in [4.69, 9.17) is 6.42 Å². The lowest BCUT2D eigenvalue weighted by atomic mass is 9.43. The van der Waals surface area contributed by atoms with Crippen molar-refractivity contribution in [1.82, 2.24) is 0 Å². The van der Waals surface area contributed by atoms with E-state index in [1.54, 1.807) is 0 Å². The van der Waals surface area contributed by atoms with E-state index in [2.05, 4.69) is 39.7 Å². The van der Waals surface area contributed by atoms with Crippen LogP contribution in [0.1, 0.15) is 118 Å². The molecule has 6 N–H and O–H groups in total. The van der Waals surface area contributed by atoms with E-state index in [9.17, 15) is 30.6 Å². The molecule has 16 atom stereocenters. The Morgan fingerprint density at radius 3 is 2.28 bits per heavy atom. The highest BCUT2D eigenvalue weighted by Crippen LogP contribution is 2.71. The fourth-order valence-electron chi connectivity index (χ4n) is 13.6. The third kappa shape index (κ3) is 4.58. The first kappa shape index (κ1) is 33.3. The molecule has 46 heavy (non-hydrogen) atoms. The monoisotopic (exact) mass is 636 g/mol. The van der Waals surface area contributed by atoms with Gasteiger partial charge in [-0.05, 0) is 131 Å². The minimum Gasteiger partial charge on any atom is -0.393 e. The Kier molecular flexibility index (Phi) is 8.27. The summed E-state index contributed by atoms with van der Waals surface area (Å²) in [7, 11) is 0. The molecule has 0 bridgehead atoms. The highest BCUT2D eigenvalue weighted by Gasteiger charge is 2.69. The molecule has 5 fully saturated rings. The van der Waals surface area contributed by atoms with Crippen LogP contribution in [0, 0.1) is 70.0 Å². The largest absolute Gasteiger partial charge is 0.393 e. The number of hydrogen-bond acceptors (Lipinski definition) is 6. The molecule has 0 aromatic rings. The number of terminal acetylenes is 1. The standard InChI is InChI=1S/C40H60O6/c1-6-40(46)35(44)21-31-27-19-28(30-18-25(42)12-14-37(30,3)29(27)13-15-38(31,40)4)32-17-23-8-7-9-24(41)16-22(2)10-11-26(23)33-20-34(43)36(45)39(32,33)5/h1,10,23-27,29,31-36,41-46H,7-9,11-21H2,2-5H3/b22-10+/t23?,24-,25-,26?,27?,29?,31?,32?,33?,34+,35+,36-,37+,38-,39-,40-/m0/s1. The maximum absolute atomic E-state index is 12.0. The lowest BCUT2D eigenvalue weighted by Gasteiger charge is -2.62. The van der Waals surface area contributed by atoms with Gasteiger partial charge in [0, 0.05) is 10.8 Å². The van der Waals surface area contributed by atoms with Gasteiger partial charge in [0.25, 0.3) is 0 Å². The van der Waals surface area contributed by atoms with Crippen molar-refractivity contribution in [2.75, 3.05) is 0 Å². The van der Waals surface area contributed by atoms with Crippen molar-refractivity contribution in [3.63, 3.8) is 0 Å². The first-order valence-corrected chi connectivity index (χ1v) is 18.7.